The fourth-order valence-corrected chi connectivity index (χ4v) is 7.87. The van der Waals surface area contributed by atoms with Gasteiger partial charge < -0.3 is 4.42 Å². The molecule has 0 aliphatic heterocycles. The topological polar surface area (TPSA) is 13.1 Å². The van der Waals surface area contributed by atoms with Gasteiger partial charge in [0.05, 0.1) is 0 Å². The Hall–Kier alpha value is -6.44. The predicted molar refractivity (Wildman–Crippen MR) is 208 cm³/mol. The lowest BCUT2D eigenvalue weighted by Crippen LogP contribution is -1.93. The van der Waals surface area contributed by atoms with E-state index >= 15 is 0 Å². The van der Waals surface area contributed by atoms with Gasteiger partial charge in [-0.1, -0.05) is 158 Å². The minimum Gasteiger partial charge on any atom is -0.456 e. The maximum atomic E-state index is 6.59. The third-order valence-electron chi connectivity index (χ3n) is 10.0. The summed E-state index contributed by atoms with van der Waals surface area (Å²) in [4.78, 5) is 0. The van der Waals surface area contributed by atoms with Crippen molar-refractivity contribution in [3.05, 3.63) is 182 Å². The standard InChI is InChI=1S/C48H30O/c1-2-14-31(15-3-1)35-29-43(48-42-24-12-13-25-44(42)49-45(48)30-35)47-40-22-10-8-20-38(40)46(39-21-9-11-23-41(39)47)37-19-7-6-18-36(37)34-27-26-32-16-4-5-17-33(32)28-34/h1-30H. The summed E-state index contributed by atoms with van der Waals surface area (Å²) >= 11 is 0. The smallest absolute Gasteiger partial charge is 0.136 e. The first-order chi connectivity index (χ1) is 24.3. The van der Waals surface area contributed by atoms with E-state index < -0.39 is 0 Å². The van der Waals surface area contributed by atoms with E-state index in [2.05, 4.69) is 182 Å². The summed E-state index contributed by atoms with van der Waals surface area (Å²) in [5, 5.41) is 9.68. The molecular weight excluding hydrogens is 593 g/mol. The number of furan rings is 1. The predicted octanol–water partition coefficient (Wildman–Crippen LogP) is 13.7. The highest BCUT2D eigenvalue weighted by molar-refractivity contribution is 6.26. The molecule has 0 radical (unpaired) electrons. The van der Waals surface area contributed by atoms with Gasteiger partial charge >= 0.3 is 0 Å². The molecule has 9 aromatic carbocycles. The summed E-state index contributed by atoms with van der Waals surface area (Å²) in [5.41, 5.74) is 11.5. The van der Waals surface area contributed by atoms with Gasteiger partial charge in [-0.3, -0.25) is 0 Å². The number of benzene rings is 9. The van der Waals surface area contributed by atoms with Gasteiger partial charge in [0.2, 0.25) is 0 Å². The van der Waals surface area contributed by atoms with Crippen LogP contribution in [0.15, 0.2) is 186 Å². The second kappa shape index (κ2) is 11.1. The number of para-hydroxylation sites is 1. The molecule has 0 aliphatic rings. The van der Waals surface area contributed by atoms with E-state index in [0.29, 0.717) is 0 Å². The summed E-state index contributed by atoms with van der Waals surface area (Å²) in [6, 6.07) is 65.8. The van der Waals surface area contributed by atoms with Crippen molar-refractivity contribution in [3.8, 4) is 44.5 Å². The zero-order valence-electron chi connectivity index (χ0n) is 26.7. The Labute approximate surface area is 284 Å². The minimum absolute atomic E-state index is 0.899. The van der Waals surface area contributed by atoms with Crippen LogP contribution in [0.5, 0.6) is 0 Å². The Morgan fingerprint density at radius 3 is 1.55 bits per heavy atom. The van der Waals surface area contributed by atoms with E-state index in [9.17, 15) is 0 Å². The molecule has 0 amide bonds. The van der Waals surface area contributed by atoms with E-state index in [-0.39, 0.29) is 0 Å². The first-order valence-corrected chi connectivity index (χ1v) is 16.8. The molecule has 0 aliphatic carbocycles. The SMILES string of the molecule is c1ccc(-c2cc(-c3c4ccccc4c(-c4ccccc4-c4ccc5ccccc5c4)c4ccccc34)c3c(c2)oc2ccccc23)cc1. The summed E-state index contributed by atoms with van der Waals surface area (Å²) in [6.45, 7) is 0. The number of fused-ring (bicyclic) bond motifs is 6. The first-order valence-electron chi connectivity index (χ1n) is 16.8. The molecule has 1 nitrogen and oxygen atoms in total. The highest BCUT2D eigenvalue weighted by atomic mass is 16.3. The quantitative estimate of drug-likeness (QED) is 0.178. The van der Waals surface area contributed by atoms with Crippen molar-refractivity contribution >= 4 is 54.3 Å². The van der Waals surface area contributed by atoms with Gasteiger partial charge in [-0.05, 0) is 101 Å². The van der Waals surface area contributed by atoms with Crippen LogP contribution >= 0.6 is 0 Å². The number of hydrogen-bond acceptors (Lipinski definition) is 1. The summed E-state index contributed by atoms with van der Waals surface area (Å²) in [6.07, 6.45) is 0. The zero-order chi connectivity index (χ0) is 32.3. The van der Waals surface area contributed by atoms with Crippen molar-refractivity contribution in [2.24, 2.45) is 0 Å². The highest BCUT2D eigenvalue weighted by Gasteiger charge is 2.22. The van der Waals surface area contributed by atoms with Crippen LogP contribution in [-0.2, 0) is 0 Å². The normalized spacial score (nSPS) is 11.7. The van der Waals surface area contributed by atoms with Crippen LogP contribution in [0.4, 0.5) is 0 Å². The fourth-order valence-electron chi connectivity index (χ4n) is 7.87. The van der Waals surface area contributed by atoms with Crippen molar-refractivity contribution in [1.82, 2.24) is 0 Å². The maximum absolute atomic E-state index is 6.59. The molecule has 0 unspecified atom stereocenters. The van der Waals surface area contributed by atoms with Crippen LogP contribution in [0.3, 0.4) is 0 Å². The molecule has 0 spiro atoms. The Morgan fingerprint density at radius 1 is 0.286 bits per heavy atom. The van der Waals surface area contributed by atoms with Crippen LogP contribution in [-0.4, -0.2) is 0 Å². The highest BCUT2D eigenvalue weighted by Crippen LogP contribution is 2.49. The van der Waals surface area contributed by atoms with Crippen molar-refractivity contribution < 1.29 is 4.42 Å². The molecule has 10 rings (SSSR count). The van der Waals surface area contributed by atoms with Gasteiger partial charge in [-0.15, -0.1) is 0 Å². The van der Waals surface area contributed by atoms with Crippen LogP contribution in [0, 0.1) is 0 Å². The molecule has 1 aromatic heterocycles. The molecule has 0 bridgehead atoms. The van der Waals surface area contributed by atoms with Gasteiger partial charge in [-0.2, -0.15) is 0 Å². The lowest BCUT2D eigenvalue weighted by atomic mass is 9.82. The second-order valence-electron chi connectivity index (χ2n) is 12.8. The van der Waals surface area contributed by atoms with E-state index in [0.717, 1.165) is 27.5 Å². The van der Waals surface area contributed by atoms with Gasteiger partial charge in [-0.25, -0.2) is 0 Å². The molecule has 0 atom stereocenters. The van der Waals surface area contributed by atoms with Crippen molar-refractivity contribution in [1.29, 1.82) is 0 Å². The zero-order valence-corrected chi connectivity index (χ0v) is 26.7. The van der Waals surface area contributed by atoms with Crippen molar-refractivity contribution in [2.45, 2.75) is 0 Å². The lowest BCUT2D eigenvalue weighted by Gasteiger charge is -2.20. The van der Waals surface area contributed by atoms with Crippen LogP contribution in [0.2, 0.25) is 0 Å². The van der Waals surface area contributed by atoms with E-state index in [1.54, 1.807) is 0 Å². The molecule has 228 valence electrons. The van der Waals surface area contributed by atoms with Gasteiger partial charge in [0.15, 0.2) is 0 Å². The molecule has 10 aromatic rings. The maximum Gasteiger partial charge on any atom is 0.136 e. The number of rotatable bonds is 4. The van der Waals surface area contributed by atoms with Crippen LogP contribution in [0.1, 0.15) is 0 Å². The monoisotopic (exact) mass is 622 g/mol. The molecule has 1 heterocycles. The molecule has 0 saturated carbocycles. The van der Waals surface area contributed by atoms with Gasteiger partial charge in [0.25, 0.3) is 0 Å². The largest absolute Gasteiger partial charge is 0.456 e. The third kappa shape index (κ3) is 4.40. The summed E-state index contributed by atoms with van der Waals surface area (Å²) < 4.78 is 6.59. The van der Waals surface area contributed by atoms with Gasteiger partial charge in [0.1, 0.15) is 11.2 Å². The molecule has 49 heavy (non-hydrogen) atoms. The van der Waals surface area contributed by atoms with Crippen LogP contribution in [0.25, 0.3) is 98.8 Å². The van der Waals surface area contributed by atoms with Gasteiger partial charge in [0, 0.05) is 10.8 Å². The Kier molecular flexibility index (Phi) is 6.25. The third-order valence-corrected chi connectivity index (χ3v) is 10.0. The summed E-state index contributed by atoms with van der Waals surface area (Å²) in [7, 11) is 0. The van der Waals surface area contributed by atoms with Crippen LogP contribution < -0.4 is 0 Å². The molecule has 0 N–H and O–H groups in total. The Morgan fingerprint density at radius 2 is 0.837 bits per heavy atom. The molecular formula is C48H30O. The summed E-state index contributed by atoms with van der Waals surface area (Å²) in [5.74, 6) is 0. The lowest BCUT2D eigenvalue weighted by molar-refractivity contribution is 0.669. The molecule has 1 heteroatoms. The molecule has 0 fully saturated rings. The van der Waals surface area contributed by atoms with Crippen molar-refractivity contribution in [3.63, 3.8) is 0 Å². The average Bonchev–Trinajstić information content (AvgIpc) is 3.55. The Bertz CT molecular complexity index is 2820. The van der Waals surface area contributed by atoms with E-state index in [4.69, 9.17) is 4.42 Å². The minimum atomic E-state index is 0.899. The van der Waals surface area contributed by atoms with E-state index in [1.165, 1.54) is 71.3 Å². The average molecular weight is 623 g/mol. The second-order valence-corrected chi connectivity index (χ2v) is 12.8. The van der Waals surface area contributed by atoms with E-state index in [1.807, 2.05) is 0 Å². The molecule has 0 saturated heterocycles. The Balaban J connectivity index is 1.33. The fraction of sp³-hybridized carbons (Fsp3) is 0. The van der Waals surface area contributed by atoms with Crippen molar-refractivity contribution in [2.75, 3.05) is 0 Å². The first kappa shape index (κ1) is 27.7. The number of hydrogen-bond donors (Lipinski definition) is 0.